The predicted octanol–water partition coefficient (Wildman–Crippen LogP) is 4.43. The maximum atomic E-state index is 12.7. The van der Waals surface area contributed by atoms with E-state index in [1.165, 1.54) is 32.9 Å². The molecule has 0 saturated carbocycles. The predicted molar refractivity (Wildman–Crippen MR) is 118 cm³/mol. The molecular weight excluding hydrogens is 416 g/mol. The highest BCUT2D eigenvalue weighted by molar-refractivity contribution is 7.99. The number of esters is 1. The number of ether oxygens (including phenoxy) is 3. The van der Waals surface area contributed by atoms with Crippen LogP contribution in [0.1, 0.15) is 17.3 Å². The number of nitrogens with zero attached hydrogens (tertiary/aromatic N) is 1. The van der Waals surface area contributed by atoms with E-state index in [-0.39, 0.29) is 0 Å². The van der Waals surface area contributed by atoms with Gasteiger partial charge in [0.2, 0.25) is 0 Å². The lowest BCUT2D eigenvalue weighted by molar-refractivity contribution is -0.123. The average Bonchev–Trinajstić information content (AvgIpc) is 2.79. The molecule has 3 aromatic rings. The van der Waals surface area contributed by atoms with Crippen LogP contribution in [0, 0.1) is 0 Å². The number of benzene rings is 2. The molecule has 8 heteroatoms. The van der Waals surface area contributed by atoms with Crippen LogP contribution in [-0.2, 0) is 9.53 Å². The topological polar surface area (TPSA) is 86.8 Å². The molecule has 1 atom stereocenters. The molecule has 31 heavy (non-hydrogen) atoms. The van der Waals surface area contributed by atoms with E-state index in [0.29, 0.717) is 27.8 Å². The fourth-order valence-corrected chi connectivity index (χ4v) is 3.52. The Bertz CT molecular complexity index is 1040. The molecule has 1 amide bonds. The van der Waals surface area contributed by atoms with Crippen LogP contribution >= 0.6 is 11.8 Å². The molecule has 1 unspecified atom stereocenters. The molecule has 0 spiro atoms. The molecule has 0 aliphatic heterocycles. The lowest BCUT2D eigenvalue weighted by Gasteiger charge is -2.15. The van der Waals surface area contributed by atoms with Crippen molar-refractivity contribution in [1.82, 2.24) is 4.98 Å². The first-order chi connectivity index (χ1) is 15.0. The number of nitrogens with one attached hydrogen (secondary N) is 1. The Balaban J connectivity index is 1.69. The summed E-state index contributed by atoms with van der Waals surface area (Å²) in [5, 5.41) is 3.21. The van der Waals surface area contributed by atoms with E-state index in [1.54, 1.807) is 36.5 Å². The number of anilines is 1. The number of pyridine rings is 1. The van der Waals surface area contributed by atoms with Crippen LogP contribution in [0.5, 0.6) is 11.5 Å². The molecule has 0 bridgehead atoms. The van der Waals surface area contributed by atoms with Crippen molar-refractivity contribution in [3.63, 3.8) is 0 Å². The molecule has 0 aliphatic rings. The van der Waals surface area contributed by atoms with Crippen molar-refractivity contribution in [1.29, 1.82) is 0 Å². The van der Waals surface area contributed by atoms with Crippen LogP contribution < -0.4 is 14.8 Å². The summed E-state index contributed by atoms with van der Waals surface area (Å²) in [7, 11) is 3.04. The summed E-state index contributed by atoms with van der Waals surface area (Å²) >= 11 is 1.35. The van der Waals surface area contributed by atoms with Gasteiger partial charge in [0.05, 0.1) is 19.8 Å². The Labute approximate surface area is 184 Å². The number of carbonyl (C=O) groups is 2. The second-order valence-corrected chi connectivity index (χ2v) is 7.47. The summed E-state index contributed by atoms with van der Waals surface area (Å²) in [5.74, 6) is -0.0586. The summed E-state index contributed by atoms with van der Waals surface area (Å²) in [5.41, 5.74) is 0.754. The fraction of sp³-hybridized carbons (Fsp3) is 0.174. The van der Waals surface area contributed by atoms with Crippen LogP contribution in [-0.4, -0.2) is 37.2 Å². The minimum absolute atomic E-state index is 0.291. The highest BCUT2D eigenvalue weighted by atomic mass is 32.2. The summed E-state index contributed by atoms with van der Waals surface area (Å²) < 4.78 is 15.8. The summed E-state index contributed by atoms with van der Waals surface area (Å²) in [6.45, 7) is 1.50. The van der Waals surface area contributed by atoms with Gasteiger partial charge in [-0.25, -0.2) is 9.78 Å². The second-order valence-electron chi connectivity index (χ2n) is 6.41. The van der Waals surface area contributed by atoms with E-state index < -0.39 is 18.0 Å². The van der Waals surface area contributed by atoms with Crippen molar-refractivity contribution >= 4 is 29.3 Å². The molecule has 1 heterocycles. The Morgan fingerprint density at radius 1 is 0.968 bits per heavy atom. The van der Waals surface area contributed by atoms with Crippen LogP contribution in [0.15, 0.2) is 76.8 Å². The van der Waals surface area contributed by atoms with Gasteiger partial charge in [-0.05, 0) is 31.2 Å². The summed E-state index contributed by atoms with van der Waals surface area (Å²) in [6, 6.07) is 17.8. The number of carbonyl (C=O) groups excluding carboxylic acids is 2. The third-order valence-corrected chi connectivity index (χ3v) is 5.25. The lowest BCUT2D eigenvalue weighted by Crippen LogP contribution is -2.30. The Morgan fingerprint density at radius 2 is 1.65 bits per heavy atom. The van der Waals surface area contributed by atoms with Gasteiger partial charge in [0.25, 0.3) is 5.91 Å². The number of hydrogen-bond acceptors (Lipinski definition) is 7. The Morgan fingerprint density at radius 3 is 2.29 bits per heavy atom. The first-order valence-corrected chi connectivity index (χ1v) is 10.2. The minimum Gasteiger partial charge on any atom is -0.497 e. The van der Waals surface area contributed by atoms with Crippen molar-refractivity contribution in [2.45, 2.75) is 22.9 Å². The summed E-state index contributed by atoms with van der Waals surface area (Å²) in [6.07, 6.45) is 0.577. The molecule has 1 aromatic heterocycles. The number of hydrogen-bond donors (Lipinski definition) is 1. The third kappa shape index (κ3) is 5.99. The van der Waals surface area contributed by atoms with Gasteiger partial charge in [0.1, 0.15) is 16.5 Å². The van der Waals surface area contributed by atoms with E-state index >= 15 is 0 Å². The summed E-state index contributed by atoms with van der Waals surface area (Å²) in [4.78, 5) is 30.5. The molecule has 0 aliphatic carbocycles. The van der Waals surface area contributed by atoms with E-state index in [2.05, 4.69) is 10.3 Å². The van der Waals surface area contributed by atoms with E-state index in [4.69, 9.17) is 14.2 Å². The number of aromatic nitrogens is 1. The maximum absolute atomic E-state index is 12.7. The maximum Gasteiger partial charge on any atom is 0.341 e. The van der Waals surface area contributed by atoms with E-state index in [0.717, 1.165) is 4.90 Å². The van der Waals surface area contributed by atoms with Crippen LogP contribution in [0.2, 0.25) is 0 Å². The molecule has 0 saturated heterocycles. The van der Waals surface area contributed by atoms with Crippen molar-refractivity contribution < 1.29 is 23.8 Å². The zero-order valence-electron chi connectivity index (χ0n) is 17.3. The zero-order valence-corrected chi connectivity index (χ0v) is 18.1. The van der Waals surface area contributed by atoms with Crippen molar-refractivity contribution in [2.75, 3.05) is 19.5 Å². The largest absolute Gasteiger partial charge is 0.497 e. The van der Waals surface area contributed by atoms with Gasteiger partial charge >= 0.3 is 5.97 Å². The quantitative estimate of drug-likeness (QED) is 0.521. The minimum atomic E-state index is -1.03. The van der Waals surface area contributed by atoms with Gasteiger partial charge in [-0.2, -0.15) is 0 Å². The average molecular weight is 439 g/mol. The fourth-order valence-electron chi connectivity index (χ4n) is 2.63. The van der Waals surface area contributed by atoms with Crippen LogP contribution in [0.4, 0.5) is 5.69 Å². The van der Waals surface area contributed by atoms with E-state index in [9.17, 15) is 9.59 Å². The molecule has 0 radical (unpaired) electrons. The Kier molecular flexibility index (Phi) is 7.50. The molecule has 2 aromatic carbocycles. The van der Waals surface area contributed by atoms with Crippen molar-refractivity contribution in [3.05, 3.63) is 72.4 Å². The second kappa shape index (κ2) is 10.5. The van der Waals surface area contributed by atoms with Gasteiger partial charge in [0.15, 0.2) is 6.10 Å². The van der Waals surface area contributed by atoms with Crippen LogP contribution in [0.3, 0.4) is 0 Å². The third-order valence-electron chi connectivity index (χ3n) is 4.22. The molecule has 0 fully saturated rings. The van der Waals surface area contributed by atoms with Crippen molar-refractivity contribution in [2.24, 2.45) is 0 Å². The highest BCUT2D eigenvalue weighted by Crippen LogP contribution is 2.29. The molecule has 160 valence electrons. The lowest BCUT2D eigenvalue weighted by atomic mass is 10.2. The van der Waals surface area contributed by atoms with Crippen LogP contribution in [0.25, 0.3) is 0 Å². The van der Waals surface area contributed by atoms with Crippen molar-refractivity contribution in [3.8, 4) is 11.5 Å². The molecule has 3 rings (SSSR count). The van der Waals surface area contributed by atoms with Gasteiger partial charge < -0.3 is 19.5 Å². The normalized spacial score (nSPS) is 11.3. The molecule has 7 nitrogen and oxygen atoms in total. The first kappa shape index (κ1) is 22.2. The Hall–Kier alpha value is -3.52. The SMILES string of the molecule is COc1cc(NC(=O)C(C)OC(=O)c2cccnc2Sc2ccccc2)cc(OC)c1. The standard InChI is InChI=1S/C23H22N2O5S/c1-15(21(26)25-16-12-17(28-2)14-18(13-16)29-3)30-23(27)20-10-7-11-24-22(20)31-19-8-5-4-6-9-19/h4-15H,1-3H3,(H,25,26). The molecular formula is C23H22N2O5S. The number of amides is 1. The number of rotatable bonds is 8. The smallest absolute Gasteiger partial charge is 0.341 e. The van der Waals surface area contributed by atoms with Gasteiger partial charge in [-0.3, -0.25) is 4.79 Å². The highest BCUT2D eigenvalue weighted by Gasteiger charge is 2.22. The molecule has 1 N–H and O–H groups in total. The van der Waals surface area contributed by atoms with Gasteiger partial charge in [-0.1, -0.05) is 30.0 Å². The zero-order chi connectivity index (χ0) is 22.2. The van der Waals surface area contributed by atoms with Gasteiger partial charge in [-0.15, -0.1) is 0 Å². The number of methoxy groups -OCH3 is 2. The van der Waals surface area contributed by atoms with Gasteiger partial charge in [0, 0.05) is 35.0 Å². The monoisotopic (exact) mass is 438 g/mol. The van der Waals surface area contributed by atoms with E-state index in [1.807, 2.05) is 30.3 Å². The first-order valence-electron chi connectivity index (χ1n) is 9.43.